The van der Waals surface area contributed by atoms with E-state index in [-0.39, 0.29) is 0 Å². The molecule has 1 rings (SSSR count). The van der Waals surface area contributed by atoms with Gasteiger partial charge >= 0.3 is 5.97 Å². The summed E-state index contributed by atoms with van der Waals surface area (Å²) in [6, 6.07) is 0.593. The Morgan fingerprint density at radius 1 is 1.50 bits per heavy atom. The van der Waals surface area contributed by atoms with Crippen LogP contribution in [0.4, 0.5) is 0 Å². The summed E-state index contributed by atoms with van der Waals surface area (Å²) < 4.78 is 0. The molecule has 1 N–H and O–H groups in total. The second-order valence-corrected chi connectivity index (χ2v) is 3.93. The van der Waals surface area contributed by atoms with E-state index in [2.05, 4.69) is 11.8 Å². The largest absolute Gasteiger partial charge is 0.478 e. The third-order valence-corrected chi connectivity index (χ3v) is 2.79. The van der Waals surface area contributed by atoms with Gasteiger partial charge in [0.05, 0.1) is 0 Å². The van der Waals surface area contributed by atoms with E-state index in [9.17, 15) is 4.79 Å². The molecule has 1 heterocycles. The highest BCUT2D eigenvalue weighted by Gasteiger charge is 2.14. The van der Waals surface area contributed by atoms with Gasteiger partial charge in [-0.15, -0.1) is 0 Å². The molecule has 0 aromatic rings. The summed E-state index contributed by atoms with van der Waals surface area (Å²) in [5, 5.41) is 8.46. The fraction of sp³-hybridized carbons (Fsp3) is 0.727. The van der Waals surface area contributed by atoms with Crippen molar-refractivity contribution in [1.29, 1.82) is 0 Å². The molecule has 3 nitrogen and oxygen atoms in total. The molecule has 0 aromatic carbocycles. The summed E-state index contributed by atoms with van der Waals surface area (Å²) in [6.07, 6.45) is 8.07. The van der Waals surface area contributed by atoms with Gasteiger partial charge in [-0.2, -0.15) is 0 Å². The molecule has 0 aromatic heterocycles. The zero-order chi connectivity index (χ0) is 10.4. The Morgan fingerprint density at radius 2 is 2.29 bits per heavy atom. The van der Waals surface area contributed by atoms with E-state index in [1.165, 1.54) is 31.8 Å². The monoisotopic (exact) mass is 197 g/mol. The molecule has 3 heteroatoms. The number of hydrogen-bond acceptors (Lipinski definition) is 2. The normalized spacial score (nSPS) is 25.1. The maximum absolute atomic E-state index is 10.3. The van der Waals surface area contributed by atoms with Crippen molar-refractivity contribution in [2.45, 2.75) is 38.6 Å². The minimum absolute atomic E-state index is 0.593. The predicted octanol–water partition coefficient (Wildman–Crippen LogP) is 1.89. The number of aliphatic carboxylic acids is 1. The molecule has 1 aliphatic heterocycles. The molecule has 80 valence electrons. The standard InChI is InChI=1S/C11H19NO2/c1-10-6-3-2-4-8-12(10)9-5-7-11(13)14/h5,7,10H,2-4,6,8-9H2,1H3,(H,13,14). The lowest BCUT2D eigenvalue weighted by atomic mass is 10.1. The molecular formula is C11H19NO2. The molecule has 1 atom stereocenters. The topological polar surface area (TPSA) is 40.5 Å². The first-order valence-electron chi connectivity index (χ1n) is 5.33. The van der Waals surface area contributed by atoms with Crippen molar-refractivity contribution < 1.29 is 9.90 Å². The first-order valence-corrected chi connectivity index (χ1v) is 5.33. The zero-order valence-electron chi connectivity index (χ0n) is 8.78. The van der Waals surface area contributed by atoms with Crippen molar-refractivity contribution in [2.24, 2.45) is 0 Å². The van der Waals surface area contributed by atoms with Gasteiger partial charge < -0.3 is 5.11 Å². The van der Waals surface area contributed by atoms with Crippen LogP contribution in [0.2, 0.25) is 0 Å². The second kappa shape index (κ2) is 5.81. The van der Waals surface area contributed by atoms with Crippen molar-refractivity contribution in [3.05, 3.63) is 12.2 Å². The molecule has 1 saturated heterocycles. The maximum atomic E-state index is 10.3. The minimum atomic E-state index is -0.854. The van der Waals surface area contributed by atoms with Crippen molar-refractivity contribution in [2.75, 3.05) is 13.1 Å². The van der Waals surface area contributed by atoms with Crippen molar-refractivity contribution in [1.82, 2.24) is 4.90 Å². The fourth-order valence-corrected chi connectivity index (χ4v) is 1.89. The van der Waals surface area contributed by atoms with Crippen LogP contribution in [0.1, 0.15) is 32.6 Å². The molecule has 14 heavy (non-hydrogen) atoms. The van der Waals surface area contributed by atoms with Crippen LogP contribution in [0.15, 0.2) is 12.2 Å². The zero-order valence-corrected chi connectivity index (χ0v) is 8.78. The van der Waals surface area contributed by atoms with Crippen LogP contribution in [0.3, 0.4) is 0 Å². The minimum Gasteiger partial charge on any atom is -0.478 e. The maximum Gasteiger partial charge on any atom is 0.328 e. The van der Waals surface area contributed by atoms with Crippen LogP contribution in [0.25, 0.3) is 0 Å². The number of carboxylic acid groups (broad SMARTS) is 1. The molecule has 0 amide bonds. The molecule has 0 aliphatic carbocycles. The fourth-order valence-electron chi connectivity index (χ4n) is 1.89. The Balaban J connectivity index is 2.36. The van der Waals surface area contributed by atoms with Gasteiger partial charge in [0.25, 0.3) is 0 Å². The van der Waals surface area contributed by atoms with Gasteiger partial charge in [-0.1, -0.05) is 18.9 Å². The summed E-state index contributed by atoms with van der Waals surface area (Å²) in [4.78, 5) is 12.6. The molecule has 0 radical (unpaired) electrons. The SMILES string of the molecule is CC1CCCCCN1CC=CC(=O)O. The highest BCUT2D eigenvalue weighted by Crippen LogP contribution is 2.15. The number of carbonyl (C=O) groups is 1. The summed E-state index contributed by atoms with van der Waals surface area (Å²) in [7, 11) is 0. The van der Waals surface area contributed by atoms with Gasteiger partial charge in [0.15, 0.2) is 0 Å². The van der Waals surface area contributed by atoms with E-state index < -0.39 is 5.97 Å². The van der Waals surface area contributed by atoms with E-state index in [0.717, 1.165) is 13.1 Å². The molecular weight excluding hydrogens is 178 g/mol. The van der Waals surface area contributed by atoms with Crippen LogP contribution in [-0.2, 0) is 4.79 Å². The second-order valence-electron chi connectivity index (χ2n) is 3.93. The van der Waals surface area contributed by atoms with Gasteiger partial charge in [0.2, 0.25) is 0 Å². The Hall–Kier alpha value is -0.830. The molecule has 1 aliphatic rings. The van der Waals surface area contributed by atoms with Crippen LogP contribution >= 0.6 is 0 Å². The average Bonchev–Trinajstić information content (AvgIpc) is 2.31. The quantitative estimate of drug-likeness (QED) is 0.702. The smallest absolute Gasteiger partial charge is 0.328 e. The Kier molecular flexibility index (Phi) is 4.66. The van der Waals surface area contributed by atoms with Crippen LogP contribution in [-0.4, -0.2) is 35.1 Å². The van der Waals surface area contributed by atoms with Gasteiger partial charge in [-0.25, -0.2) is 4.79 Å². The van der Waals surface area contributed by atoms with Gasteiger partial charge in [-0.05, 0) is 26.3 Å². The molecule has 0 saturated carbocycles. The number of carboxylic acids is 1. The summed E-state index contributed by atoms with van der Waals surface area (Å²) in [5.41, 5.74) is 0. The highest BCUT2D eigenvalue weighted by molar-refractivity contribution is 5.79. The molecule has 0 spiro atoms. The van der Waals surface area contributed by atoms with Crippen molar-refractivity contribution in [3.8, 4) is 0 Å². The lowest BCUT2D eigenvalue weighted by Gasteiger charge is -2.25. The first kappa shape index (κ1) is 11.2. The van der Waals surface area contributed by atoms with Crippen LogP contribution in [0, 0.1) is 0 Å². The van der Waals surface area contributed by atoms with E-state index in [4.69, 9.17) is 5.11 Å². The first-order chi connectivity index (χ1) is 6.70. The molecule has 1 unspecified atom stereocenters. The number of rotatable bonds is 3. The summed E-state index contributed by atoms with van der Waals surface area (Å²) >= 11 is 0. The van der Waals surface area contributed by atoms with Crippen LogP contribution < -0.4 is 0 Å². The van der Waals surface area contributed by atoms with Gasteiger partial charge in [-0.3, -0.25) is 4.90 Å². The number of likely N-dealkylation sites (tertiary alicyclic amines) is 1. The average molecular weight is 197 g/mol. The lowest BCUT2D eigenvalue weighted by molar-refractivity contribution is -0.131. The highest BCUT2D eigenvalue weighted by atomic mass is 16.4. The number of nitrogens with zero attached hydrogens (tertiary/aromatic N) is 1. The molecule has 0 bridgehead atoms. The van der Waals surface area contributed by atoms with Crippen molar-refractivity contribution in [3.63, 3.8) is 0 Å². The summed E-state index contributed by atoms with van der Waals surface area (Å²) in [5.74, 6) is -0.854. The van der Waals surface area contributed by atoms with E-state index in [0.29, 0.717) is 6.04 Å². The molecule has 1 fully saturated rings. The number of hydrogen-bond donors (Lipinski definition) is 1. The Labute approximate surface area is 85.4 Å². The van der Waals surface area contributed by atoms with E-state index in [1.54, 1.807) is 6.08 Å². The predicted molar refractivity (Wildman–Crippen MR) is 56.3 cm³/mol. The van der Waals surface area contributed by atoms with Gasteiger partial charge in [0.1, 0.15) is 0 Å². The van der Waals surface area contributed by atoms with Gasteiger partial charge in [0, 0.05) is 18.7 Å². The van der Waals surface area contributed by atoms with E-state index in [1.807, 2.05) is 0 Å². The Bertz CT molecular complexity index is 213. The third kappa shape index (κ3) is 3.92. The van der Waals surface area contributed by atoms with Crippen LogP contribution in [0.5, 0.6) is 0 Å². The third-order valence-electron chi connectivity index (χ3n) is 2.79. The van der Waals surface area contributed by atoms with Crippen molar-refractivity contribution >= 4 is 5.97 Å². The summed E-state index contributed by atoms with van der Waals surface area (Å²) in [6.45, 7) is 4.10. The van der Waals surface area contributed by atoms with E-state index >= 15 is 0 Å². The lowest BCUT2D eigenvalue weighted by Crippen LogP contribution is -2.32. The Morgan fingerprint density at radius 3 is 3.00 bits per heavy atom.